The molecule has 1 N–H and O–H groups in total. The Kier molecular flexibility index (Phi) is 3.79. The van der Waals surface area contributed by atoms with Crippen molar-refractivity contribution in [2.24, 2.45) is 0 Å². The van der Waals surface area contributed by atoms with Crippen LogP contribution in [0.3, 0.4) is 0 Å². The van der Waals surface area contributed by atoms with Gasteiger partial charge in [-0.1, -0.05) is 22.0 Å². The van der Waals surface area contributed by atoms with E-state index in [1.165, 1.54) is 6.07 Å². The highest BCUT2D eigenvalue weighted by Gasteiger charge is 2.16. The maximum absolute atomic E-state index is 10.7. The zero-order valence-electron chi connectivity index (χ0n) is 7.64. The molecule has 0 radical (unpaired) electrons. The van der Waals surface area contributed by atoms with Crippen molar-refractivity contribution in [2.75, 3.05) is 0 Å². The van der Waals surface area contributed by atoms with Crippen molar-refractivity contribution in [1.82, 2.24) is 0 Å². The number of hydrogen-bond donors (Lipinski definition) is 1. The van der Waals surface area contributed by atoms with Gasteiger partial charge >= 0.3 is 5.97 Å². The highest BCUT2D eigenvalue weighted by atomic mass is 79.9. The maximum Gasteiger partial charge on any atom is 0.303 e. The first-order valence-corrected chi connectivity index (χ1v) is 4.95. The van der Waals surface area contributed by atoms with E-state index < -0.39 is 10.9 Å². The van der Waals surface area contributed by atoms with Crippen LogP contribution in [-0.2, 0) is 11.2 Å². The van der Waals surface area contributed by atoms with Crippen LogP contribution >= 0.6 is 15.9 Å². The molecule has 0 aromatic heterocycles. The molecule has 0 saturated carbocycles. The van der Waals surface area contributed by atoms with Crippen molar-refractivity contribution in [3.8, 4) is 0 Å². The van der Waals surface area contributed by atoms with Gasteiger partial charge in [0.05, 0.1) is 4.92 Å². The number of nitro benzene ring substituents is 1. The fourth-order valence-corrected chi connectivity index (χ4v) is 1.75. The Morgan fingerprint density at radius 3 is 2.73 bits per heavy atom. The number of benzene rings is 1. The summed E-state index contributed by atoms with van der Waals surface area (Å²) in [6, 6.07) is 4.57. The maximum atomic E-state index is 10.7. The van der Waals surface area contributed by atoms with Crippen LogP contribution in [0.2, 0.25) is 0 Å². The van der Waals surface area contributed by atoms with Gasteiger partial charge in [-0.25, -0.2) is 0 Å². The first-order valence-electron chi connectivity index (χ1n) is 4.16. The van der Waals surface area contributed by atoms with E-state index in [-0.39, 0.29) is 18.5 Å². The van der Waals surface area contributed by atoms with Crippen molar-refractivity contribution in [2.45, 2.75) is 12.8 Å². The van der Waals surface area contributed by atoms with E-state index in [9.17, 15) is 14.9 Å². The Morgan fingerprint density at radius 1 is 1.53 bits per heavy atom. The van der Waals surface area contributed by atoms with E-state index in [0.717, 1.165) is 0 Å². The third-order valence-corrected chi connectivity index (χ3v) is 2.62. The zero-order chi connectivity index (χ0) is 11.4. The van der Waals surface area contributed by atoms with Gasteiger partial charge in [-0.05, 0) is 12.5 Å². The molecule has 6 heteroatoms. The predicted octanol–water partition coefficient (Wildman–Crippen LogP) is 2.37. The molecule has 0 aliphatic heterocycles. The summed E-state index contributed by atoms with van der Waals surface area (Å²) < 4.78 is 0.568. The first kappa shape index (κ1) is 11.6. The van der Waals surface area contributed by atoms with Crippen LogP contribution < -0.4 is 0 Å². The van der Waals surface area contributed by atoms with Crippen LogP contribution in [0, 0.1) is 10.1 Å². The normalized spacial score (nSPS) is 9.93. The summed E-state index contributed by atoms with van der Waals surface area (Å²) in [5.74, 6) is -0.972. The minimum atomic E-state index is -0.972. The molecule has 80 valence electrons. The van der Waals surface area contributed by atoms with Crippen molar-refractivity contribution in [3.63, 3.8) is 0 Å². The summed E-state index contributed by atoms with van der Waals surface area (Å²) >= 11 is 3.17. The van der Waals surface area contributed by atoms with Crippen LogP contribution in [-0.4, -0.2) is 16.0 Å². The van der Waals surface area contributed by atoms with Gasteiger partial charge in [-0.3, -0.25) is 14.9 Å². The SMILES string of the molecule is O=C(O)CCc1c(Br)cccc1[N+](=O)[O-]. The van der Waals surface area contributed by atoms with Crippen LogP contribution in [0.1, 0.15) is 12.0 Å². The summed E-state index contributed by atoms with van der Waals surface area (Å²) in [6.07, 6.45) is 0.0243. The lowest BCUT2D eigenvalue weighted by molar-refractivity contribution is -0.385. The van der Waals surface area contributed by atoms with Crippen LogP contribution in [0.4, 0.5) is 5.69 Å². The molecule has 0 aliphatic carbocycles. The molecule has 0 bridgehead atoms. The number of halogens is 1. The highest BCUT2D eigenvalue weighted by Crippen LogP contribution is 2.27. The molecule has 15 heavy (non-hydrogen) atoms. The molecule has 1 aromatic rings. The number of carboxylic acids is 1. The number of carboxylic acid groups (broad SMARTS) is 1. The van der Waals surface area contributed by atoms with Crippen molar-refractivity contribution in [3.05, 3.63) is 38.3 Å². The number of nitro groups is 1. The Hall–Kier alpha value is -1.43. The summed E-state index contributed by atoms with van der Waals surface area (Å²) in [4.78, 5) is 20.5. The molecule has 1 rings (SSSR count). The van der Waals surface area contributed by atoms with E-state index in [4.69, 9.17) is 5.11 Å². The van der Waals surface area contributed by atoms with Gasteiger partial charge in [-0.2, -0.15) is 0 Å². The Labute approximate surface area is 94.0 Å². The molecule has 0 heterocycles. The van der Waals surface area contributed by atoms with Crippen LogP contribution in [0.5, 0.6) is 0 Å². The van der Waals surface area contributed by atoms with E-state index >= 15 is 0 Å². The second kappa shape index (κ2) is 4.88. The van der Waals surface area contributed by atoms with E-state index in [0.29, 0.717) is 10.0 Å². The summed E-state index contributed by atoms with van der Waals surface area (Å²) in [5.41, 5.74) is 0.371. The monoisotopic (exact) mass is 273 g/mol. The molecule has 0 unspecified atom stereocenters. The van der Waals surface area contributed by atoms with Crippen molar-refractivity contribution in [1.29, 1.82) is 0 Å². The summed E-state index contributed by atoms with van der Waals surface area (Å²) in [6.45, 7) is 0. The molecule has 0 fully saturated rings. The Morgan fingerprint density at radius 2 is 2.20 bits per heavy atom. The van der Waals surface area contributed by atoms with Crippen LogP contribution in [0.15, 0.2) is 22.7 Å². The smallest absolute Gasteiger partial charge is 0.303 e. The zero-order valence-corrected chi connectivity index (χ0v) is 9.23. The largest absolute Gasteiger partial charge is 0.481 e. The second-order valence-corrected chi connectivity index (χ2v) is 3.74. The van der Waals surface area contributed by atoms with Gasteiger partial charge in [0.1, 0.15) is 0 Å². The highest BCUT2D eigenvalue weighted by molar-refractivity contribution is 9.10. The molecule has 1 aromatic carbocycles. The molecule has 5 nitrogen and oxygen atoms in total. The van der Waals surface area contributed by atoms with Gasteiger partial charge < -0.3 is 5.11 Å². The molecule has 0 amide bonds. The first-order chi connectivity index (χ1) is 7.02. The molecular formula is C9H8BrNO4. The Bertz CT molecular complexity index is 405. The quantitative estimate of drug-likeness (QED) is 0.675. The lowest BCUT2D eigenvalue weighted by Crippen LogP contribution is -2.01. The Balaban J connectivity index is 3.02. The second-order valence-electron chi connectivity index (χ2n) is 2.89. The average Bonchev–Trinajstić information content (AvgIpc) is 2.15. The lowest BCUT2D eigenvalue weighted by atomic mass is 10.1. The number of carbonyl (C=O) groups is 1. The fraction of sp³-hybridized carbons (Fsp3) is 0.222. The molecule has 0 atom stereocenters. The molecular weight excluding hydrogens is 266 g/mol. The third kappa shape index (κ3) is 3.02. The minimum absolute atomic E-state index is 0.0503. The minimum Gasteiger partial charge on any atom is -0.481 e. The van der Waals surface area contributed by atoms with Gasteiger partial charge in [-0.15, -0.1) is 0 Å². The predicted molar refractivity (Wildman–Crippen MR) is 56.8 cm³/mol. The number of hydrogen-bond acceptors (Lipinski definition) is 3. The number of nitrogens with zero attached hydrogens (tertiary/aromatic N) is 1. The molecule has 0 saturated heterocycles. The van der Waals surface area contributed by atoms with Gasteiger partial charge in [0.25, 0.3) is 5.69 Å². The average molecular weight is 274 g/mol. The topological polar surface area (TPSA) is 80.4 Å². The number of rotatable bonds is 4. The fourth-order valence-electron chi connectivity index (χ4n) is 1.20. The van der Waals surface area contributed by atoms with E-state index in [1.54, 1.807) is 12.1 Å². The standard InChI is InChI=1S/C9H8BrNO4/c10-7-2-1-3-8(11(14)15)6(7)4-5-9(12)13/h1-3H,4-5H2,(H,12,13). The molecule has 0 aliphatic rings. The van der Waals surface area contributed by atoms with E-state index in [1.807, 2.05) is 0 Å². The van der Waals surface area contributed by atoms with Gasteiger partial charge in [0.15, 0.2) is 0 Å². The van der Waals surface area contributed by atoms with Gasteiger partial charge in [0, 0.05) is 22.5 Å². The van der Waals surface area contributed by atoms with Crippen molar-refractivity contribution < 1.29 is 14.8 Å². The summed E-state index contributed by atoms with van der Waals surface area (Å²) in [7, 11) is 0. The number of aliphatic carboxylic acids is 1. The van der Waals surface area contributed by atoms with E-state index in [2.05, 4.69) is 15.9 Å². The molecule has 0 spiro atoms. The van der Waals surface area contributed by atoms with Gasteiger partial charge in [0.2, 0.25) is 0 Å². The van der Waals surface area contributed by atoms with Crippen LogP contribution in [0.25, 0.3) is 0 Å². The summed E-state index contributed by atoms with van der Waals surface area (Å²) in [5, 5.41) is 19.2. The lowest BCUT2D eigenvalue weighted by Gasteiger charge is -2.03. The third-order valence-electron chi connectivity index (χ3n) is 1.88. The van der Waals surface area contributed by atoms with Crippen molar-refractivity contribution >= 4 is 27.6 Å².